The number of hydrogen-bond acceptors (Lipinski definition) is 3. The van der Waals surface area contributed by atoms with Gasteiger partial charge in [-0.1, -0.05) is 31.9 Å². The zero-order valence-electron chi connectivity index (χ0n) is 13.3. The van der Waals surface area contributed by atoms with Gasteiger partial charge < -0.3 is 15.4 Å². The highest BCUT2D eigenvalue weighted by Gasteiger charge is 2.39. The van der Waals surface area contributed by atoms with Gasteiger partial charge >= 0.3 is 0 Å². The zero-order chi connectivity index (χ0) is 15.5. The van der Waals surface area contributed by atoms with Crippen LogP contribution in [0.5, 0.6) is 5.75 Å². The fourth-order valence-electron chi connectivity index (χ4n) is 3.28. The molecule has 1 aliphatic rings. The minimum absolute atomic E-state index is 0.0527. The van der Waals surface area contributed by atoms with E-state index >= 15 is 0 Å². The first kappa shape index (κ1) is 15.8. The number of methoxy groups -OCH3 is 1. The third-order valence-electron chi connectivity index (χ3n) is 4.36. The van der Waals surface area contributed by atoms with Gasteiger partial charge in [-0.3, -0.25) is 4.79 Å². The minimum atomic E-state index is -0.689. The van der Waals surface area contributed by atoms with Crippen LogP contribution in [-0.2, 0) is 11.3 Å². The summed E-state index contributed by atoms with van der Waals surface area (Å²) in [5.41, 5.74) is 6.75. The number of amides is 1. The minimum Gasteiger partial charge on any atom is -0.497 e. The molecule has 2 rings (SSSR count). The van der Waals surface area contributed by atoms with Crippen molar-refractivity contribution in [3.8, 4) is 5.75 Å². The Labute approximate surface area is 127 Å². The number of carbonyl (C=O) groups is 1. The van der Waals surface area contributed by atoms with Gasteiger partial charge in [-0.05, 0) is 36.5 Å². The van der Waals surface area contributed by atoms with Crippen molar-refractivity contribution < 1.29 is 9.53 Å². The van der Waals surface area contributed by atoms with Crippen LogP contribution in [0.15, 0.2) is 24.3 Å². The molecule has 1 aliphatic carbocycles. The van der Waals surface area contributed by atoms with E-state index in [2.05, 4.69) is 6.92 Å². The molecule has 0 saturated heterocycles. The molecule has 116 valence electrons. The second kappa shape index (κ2) is 6.48. The summed E-state index contributed by atoms with van der Waals surface area (Å²) in [5, 5.41) is 0. The fourth-order valence-corrected chi connectivity index (χ4v) is 3.28. The Morgan fingerprint density at radius 2 is 2.29 bits per heavy atom. The van der Waals surface area contributed by atoms with Crippen LogP contribution in [0.4, 0.5) is 0 Å². The maximum atomic E-state index is 12.7. The highest BCUT2D eigenvalue weighted by atomic mass is 16.5. The third-order valence-corrected chi connectivity index (χ3v) is 4.36. The highest BCUT2D eigenvalue weighted by Crippen LogP contribution is 2.32. The van der Waals surface area contributed by atoms with Crippen LogP contribution in [0.3, 0.4) is 0 Å². The molecule has 1 aromatic rings. The van der Waals surface area contributed by atoms with Gasteiger partial charge in [-0.2, -0.15) is 0 Å². The van der Waals surface area contributed by atoms with Crippen LogP contribution < -0.4 is 10.5 Å². The molecule has 0 aliphatic heterocycles. The predicted molar refractivity (Wildman–Crippen MR) is 84.0 cm³/mol. The normalized spacial score (nSPS) is 25.4. The number of ether oxygens (including phenoxy) is 1. The monoisotopic (exact) mass is 290 g/mol. The van der Waals surface area contributed by atoms with E-state index in [1.165, 1.54) is 6.42 Å². The molecular formula is C17H26N2O2. The van der Waals surface area contributed by atoms with Crippen LogP contribution in [0.2, 0.25) is 0 Å². The molecule has 2 atom stereocenters. The van der Waals surface area contributed by atoms with Crippen molar-refractivity contribution in [2.75, 3.05) is 14.2 Å². The van der Waals surface area contributed by atoms with Crippen LogP contribution in [-0.4, -0.2) is 30.5 Å². The van der Waals surface area contributed by atoms with Gasteiger partial charge in [0.2, 0.25) is 5.91 Å². The molecule has 0 bridgehead atoms. The van der Waals surface area contributed by atoms with Gasteiger partial charge in [0.1, 0.15) is 5.75 Å². The van der Waals surface area contributed by atoms with Crippen molar-refractivity contribution in [2.45, 2.75) is 44.7 Å². The van der Waals surface area contributed by atoms with E-state index in [4.69, 9.17) is 10.5 Å². The SMILES string of the molecule is COc1cccc(CN(C)C(=O)C2(N)CCCC(C)C2)c1. The average molecular weight is 290 g/mol. The molecule has 21 heavy (non-hydrogen) atoms. The molecular weight excluding hydrogens is 264 g/mol. The quantitative estimate of drug-likeness (QED) is 0.927. The Bertz CT molecular complexity index is 503. The molecule has 2 N–H and O–H groups in total. The first-order chi connectivity index (χ1) is 9.94. The number of carbonyl (C=O) groups excluding carboxylic acids is 1. The Kier molecular flexibility index (Phi) is 4.88. The number of benzene rings is 1. The smallest absolute Gasteiger partial charge is 0.242 e. The van der Waals surface area contributed by atoms with Crippen molar-refractivity contribution >= 4 is 5.91 Å². The summed E-state index contributed by atoms with van der Waals surface area (Å²) in [4.78, 5) is 14.4. The summed E-state index contributed by atoms with van der Waals surface area (Å²) < 4.78 is 5.22. The predicted octanol–water partition coefficient (Wildman–Crippen LogP) is 2.56. The van der Waals surface area contributed by atoms with E-state index in [-0.39, 0.29) is 5.91 Å². The van der Waals surface area contributed by atoms with Crippen molar-refractivity contribution in [2.24, 2.45) is 11.7 Å². The van der Waals surface area contributed by atoms with E-state index in [1.807, 2.05) is 31.3 Å². The van der Waals surface area contributed by atoms with Gasteiger partial charge in [0.05, 0.1) is 12.6 Å². The molecule has 0 aromatic heterocycles. The number of hydrogen-bond donors (Lipinski definition) is 1. The van der Waals surface area contributed by atoms with E-state index < -0.39 is 5.54 Å². The molecule has 1 saturated carbocycles. The fraction of sp³-hybridized carbons (Fsp3) is 0.588. The summed E-state index contributed by atoms with van der Waals surface area (Å²) in [6.07, 6.45) is 3.79. The summed E-state index contributed by atoms with van der Waals surface area (Å²) >= 11 is 0. The molecule has 0 radical (unpaired) electrons. The highest BCUT2D eigenvalue weighted by molar-refractivity contribution is 5.86. The third kappa shape index (κ3) is 3.76. The lowest BCUT2D eigenvalue weighted by atomic mass is 9.76. The van der Waals surface area contributed by atoms with E-state index in [9.17, 15) is 4.79 Å². The molecule has 0 heterocycles. The van der Waals surface area contributed by atoms with E-state index in [1.54, 1.807) is 12.0 Å². The van der Waals surface area contributed by atoms with Gasteiger partial charge in [0, 0.05) is 13.6 Å². The lowest BCUT2D eigenvalue weighted by molar-refractivity contribution is -0.138. The van der Waals surface area contributed by atoms with Gasteiger partial charge in [-0.15, -0.1) is 0 Å². The summed E-state index contributed by atoms with van der Waals surface area (Å²) in [5.74, 6) is 1.39. The van der Waals surface area contributed by atoms with Crippen molar-refractivity contribution in [1.82, 2.24) is 4.90 Å². The summed E-state index contributed by atoms with van der Waals surface area (Å²) in [6.45, 7) is 2.74. The number of rotatable bonds is 4. The lowest BCUT2D eigenvalue weighted by Gasteiger charge is -2.38. The van der Waals surface area contributed by atoms with Crippen LogP contribution in [0.25, 0.3) is 0 Å². The van der Waals surface area contributed by atoms with Crippen molar-refractivity contribution in [3.05, 3.63) is 29.8 Å². The Morgan fingerprint density at radius 3 is 2.95 bits per heavy atom. The lowest BCUT2D eigenvalue weighted by Crippen LogP contribution is -2.56. The first-order valence-electron chi connectivity index (χ1n) is 7.62. The number of nitrogens with two attached hydrogens (primary N) is 1. The van der Waals surface area contributed by atoms with Crippen molar-refractivity contribution in [1.29, 1.82) is 0 Å². The van der Waals surface area contributed by atoms with Crippen LogP contribution >= 0.6 is 0 Å². The van der Waals surface area contributed by atoms with Gasteiger partial charge in [0.15, 0.2) is 0 Å². The topological polar surface area (TPSA) is 55.6 Å². The van der Waals surface area contributed by atoms with E-state index in [0.717, 1.165) is 30.6 Å². The standard InChI is InChI=1S/C17H26N2O2/c1-13-6-5-9-17(18,11-13)16(20)19(2)12-14-7-4-8-15(10-14)21-3/h4,7-8,10,13H,5-6,9,11-12,18H2,1-3H3. The number of likely N-dealkylation sites (N-methyl/N-ethyl adjacent to an activating group) is 1. The molecule has 1 aromatic carbocycles. The molecule has 0 spiro atoms. The Morgan fingerprint density at radius 1 is 1.52 bits per heavy atom. The second-order valence-electron chi connectivity index (χ2n) is 6.37. The molecule has 4 nitrogen and oxygen atoms in total. The van der Waals surface area contributed by atoms with Gasteiger partial charge in [0.25, 0.3) is 0 Å². The first-order valence-corrected chi connectivity index (χ1v) is 7.62. The second-order valence-corrected chi connectivity index (χ2v) is 6.37. The van der Waals surface area contributed by atoms with E-state index in [0.29, 0.717) is 12.5 Å². The maximum absolute atomic E-state index is 12.7. The molecule has 1 amide bonds. The molecule has 4 heteroatoms. The summed E-state index contributed by atoms with van der Waals surface area (Å²) in [7, 11) is 3.47. The Hall–Kier alpha value is -1.55. The summed E-state index contributed by atoms with van der Waals surface area (Å²) in [6, 6.07) is 7.79. The van der Waals surface area contributed by atoms with Crippen LogP contribution in [0, 0.1) is 5.92 Å². The van der Waals surface area contributed by atoms with Gasteiger partial charge in [-0.25, -0.2) is 0 Å². The zero-order valence-corrected chi connectivity index (χ0v) is 13.3. The average Bonchev–Trinajstić information content (AvgIpc) is 2.46. The number of nitrogens with zero attached hydrogens (tertiary/aromatic N) is 1. The maximum Gasteiger partial charge on any atom is 0.242 e. The van der Waals surface area contributed by atoms with Crippen LogP contribution in [0.1, 0.15) is 38.2 Å². The molecule has 2 unspecified atom stereocenters. The molecule has 1 fully saturated rings. The largest absolute Gasteiger partial charge is 0.497 e. The van der Waals surface area contributed by atoms with Crippen molar-refractivity contribution in [3.63, 3.8) is 0 Å². The Balaban J connectivity index is 2.04.